The number of hydrogen-bond acceptors (Lipinski definition) is 6. The highest BCUT2D eigenvalue weighted by atomic mass is 32.2. The van der Waals surface area contributed by atoms with Gasteiger partial charge >= 0.3 is 5.97 Å². The van der Waals surface area contributed by atoms with Crippen LogP contribution in [-0.2, 0) is 26.1 Å². The number of aromatic nitrogens is 1. The Morgan fingerprint density at radius 2 is 1.69 bits per heavy atom. The van der Waals surface area contributed by atoms with E-state index in [0.717, 1.165) is 21.3 Å². The maximum Gasteiger partial charge on any atom is 0.326 e. The van der Waals surface area contributed by atoms with Crippen molar-refractivity contribution in [1.82, 2.24) is 4.57 Å². The van der Waals surface area contributed by atoms with E-state index in [2.05, 4.69) is 9.71 Å². The predicted molar refractivity (Wildman–Crippen MR) is 140 cm³/mol. The Bertz CT molecular complexity index is 1620. The number of carbonyl (C=O) groups is 2. The van der Waals surface area contributed by atoms with E-state index in [1.54, 1.807) is 35.8 Å². The average molecular weight is 524 g/mol. The van der Waals surface area contributed by atoms with Gasteiger partial charge in [-0.25, -0.2) is 8.42 Å². The van der Waals surface area contributed by atoms with E-state index in [1.807, 2.05) is 32.0 Å². The fourth-order valence-electron chi connectivity index (χ4n) is 3.58. The van der Waals surface area contributed by atoms with Gasteiger partial charge in [-0.2, -0.15) is 4.99 Å². The molecule has 0 spiro atoms. The summed E-state index contributed by atoms with van der Waals surface area (Å²) >= 11 is 1.27. The number of benzene rings is 3. The van der Waals surface area contributed by atoms with Crippen molar-refractivity contribution in [1.29, 1.82) is 0 Å². The molecule has 8 nitrogen and oxygen atoms in total. The second kappa shape index (κ2) is 10.5. The Labute approximate surface area is 212 Å². The number of hydrogen-bond donors (Lipinski definition) is 1. The smallest absolute Gasteiger partial charge is 0.326 e. The minimum Gasteiger partial charge on any atom is -0.465 e. The van der Waals surface area contributed by atoms with Crippen molar-refractivity contribution in [2.75, 3.05) is 11.3 Å². The van der Waals surface area contributed by atoms with Crippen molar-refractivity contribution in [2.24, 2.45) is 4.99 Å². The number of nitrogens with zero attached hydrogens (tertiary/aromatic N) is 2. The quantitative estimate of drug-likeness (QED) is 0.361. The summed E-state index contributed by atoms with van der Waals surface area (Å²) in [5.74, 6) is -1.09. The first-order valence-corrected chi connectivity index (χ1v) is 13.5. The second-order valence-electron chi connectivity index (χ2n) is 8.13. The van der Waals surface area contributed by atoms with Crippen molar-refractivity contribution in [3.8, 4) is 0 Å². The molecule has 3 aromatic carbocycles. The van der Waals surface area contributed by atoms with Gasteiger partial charge in [0.1, 0.15) is 6.54 Å². The van der Waals surface area contributed by atoms with Gasteiger partial charge in [0.25, 0.3) is 15.9 Å². The standard InChI is InChI=1S/C26H25N3O5S2/c1-4-34-24(30)16-29-22-14-11-18(3)15-23(22)35-26(29)27-25(31)20-7-5-6-8-21(20)28-36(32,33)19-12-9-17(2)10-13-19/h5-15,28H,4,16H2,1-3H3. The molecule has 36 heavy (non-hydrogen) atoms. The molecule has 4 aromatic rings. The maximum atomic E-state index is 13.3. The van der Waals surface area contributed by atoms with Crippen LogP contribution < -0.4 is 9.52 Å². The minimum atomic E-state index is -3.92. The van der Waals surface area contributed by atoms with Crippen LogP contribution in [0.1, 0.15) is 28.4 Å². The Hall–Kier alpha value is -3.76. The minimum absolute atomic E-state index is 0.0828. The maximum absolute atomic E-state index is 13.3. The highest BCUT2D eigenvalue weighted by molar-refractivity contribution is 7.92. The number of rotatable bonds is 7. The van der Waals surface area contributed by atoms with E-state index in [-0.39, 0.29) is 29.3 Å². The lowest BCUT2D eigenvalue weighted by Gasteiger charge is -2.11. The Balaban J connectivity index is 1.75. The molecule has 0 atom stereocenters. The lowest BCUT2D eigenvalue weighted by molar-refractivity contribution is -0.143. The summed E-state index contributed by atoms with van der Waals surface area (Å²) in [6.45, 7) is 5.67. The van der Waals surface area contributed by atoms with Crippen molar-refractivity contribution >= 4 is 49.1 Å². The number of thiazole rings is 1. The molecule has 10 heteroatoms. The number of para-hydroxylation sites is 1. The third kappa shape index (κ3) is 5.55. The monoisotopic (exact) mass is 523 g/mol. The van der Waals surface area contributed by atoms with E-state index in [9.17, 15) is 18.0 Å². The first-order valence-electron chi connectivity index (χ1n) is 11.2. The third-order valence-corrected chi connectivity index (χ3v) is 7.78. The molecule has 0 fully saturated rings. The van der Waals surface area contributed by atoms with Crippen LogP contribution >= 0.6 is 11.3 Å². The van der Waals surface area contributed by atoms with Crippen LogP contribution in [0.2, 0.25) is 0 Å². The topological polar surface area (TPSA) is 107 Å². The van der Waals surface area contributed by atoms with Gasteiger partial charge in [0, 0.05) is 0 Å². The summed E-state index contributed by atoms with van der Waals surface area (Å²) < 4.78 is 35.9. The molecule has 0 aliphatic heterocycles. The van der Waals surface area contributed by atoms with Crippen LogP contribution in [0.5, 0.6) is 0 Å². The van der Waals surface area contributed by atoms with Gasteiger partial charge in [-0.3, -0.25) is 14.3 Å². The Morgan fingerprint density at radius 3 is 2.42 bits per heavy atom. The van der Waals surface area contributed by atoms with Crippen LogP contribution in [0.15, 0.2) is 76.6 Å². The first kappa shape index (κ1) is 25.3. The molecule has 1 heterocycles. The van der Waals surface area contributed by atoms with E-state index >= 15 is 0 Å². The van der Waals surface area contributed by atoms with Gasteiger partial charge < -0.3 is 9.30 Å². The molecule has 1 amide bonds. The van der Waals surface area contributed by atoms with Crippen LogP contribution in [-0.4, -0.2) is 31.5 Å². The van der Waals surface area contributed by atoms with Gasteiger partial charge in [0.05, 0.1) is 33.0 Å². The van der Waals surface area contributed by atoms with E-state index in [4.69, 9.17) is 4.74 Å². The zero-order valence-electron chi connectivity index (χ0n) is 20.0. The molecule has 0 unspecified atom stereocenters. The number of nitrogens with one attached hydrogen (secondary N) is 1. The third-order valence-electron chi connectivity index (χ3n) is 5.36. The lowest BCUT2D eigenvalue weighted by Crippen LogP contribution is -2.23. The van der Waals surface area contributed by atoms with Gasteiger partial charge in [0.15, 0.2) is 4.80 Å². The summed E-state index contributed by atoms with van der Waals surface area (Å²) in [6.07, 6.45) is 0. The number of anilines is 1. The lowest BCUT2D eigenvalue weighted by atomic mass is 10.2. The zero-order valence-corrected chi connectivity index (χ0v) is 21.7. The summed E-state index contributed by atoms with van der Waals surface area (Å²) in [7, 11) is -3.92. The number of fused-ring (bicyclic) bond motifs is 1. The first-order chi connectivity index (χ1) is 17.2. The highest BCUT2D eigenvalue weighted by Gasteiger charge is 2.19. The molecule has 0 bridgehead atoms. The second-order valence-corrected chi connectivity index (χ2v) is 10.8. The van der Waals surface area contributed by atoms with Crippen LogP contribution in [0, 0.1) is 13.8 Å². The summed E-state index contributed by atoms with van der Waals surface area (Å²) in [5, 5.41) is 0. The summed E-state index contributed by atoms with van der Waals surface area (Å²) in [5.41, 5.74) is 2.91. The largest absolute Gasteiger partial charge is 0.465 e. The molecule has 0 saturated carbocycles. The molecule has 0 aliphatic rings. The molecule has 0 saturated heterocycles. The van der Waals surface area contributed by atoms with Crippen molar-refractivity contribution in [3.63, 3.8) is 0 Å². The summed E-state index contributed by atoms with van der Waals surface area (Å²) in [6, 6.07) is 18.4. The molecule has 4 rings (SSSR count). The Kier molecular flexibility index (Phi) is 7.37. The van der Waals surface area contributed by atoms with E-state index in [0.29, 0.717) is 4.80 Å². The fourth-order valence-corrected chi connectivity index (χ4v) is 5.79. The summed E-state index contributed by atoms with van der Waals surface area (Å²) in [4.78, 5) is 30.2. The zero-order chi connectivity index (χ0) is 25.9. The number of carbonyl (C=O) groups excluding carboxylic acids is 2. The van der Waals surface area contributed by atoms with Crippen LogP contribution in [0.4, 0.5) is 5.69 Å². The van der Waals surface area contributed by atoms with Gasteiger partial charge in [-0.1, -0.05) is 47.2 Å². The molecular formula is C26H25N3O5S2. The molecule has 1 N–H and O–H groups in total. The predicted octanol–water partition coefficient (Wildman–Crippen LogP) is 4.42. The Morgan fingerprint density at radius 1 is 1.00 bits per heavy atom. The number of amides is 1. The number of ether oxygens (including phenoxy) is 1. The number of aryl methyl sites for hydroxylation is 2. The molecular weight excluding hydrogens is 498 g/mol. The van der Waals surface area contributed by atoms with E-state index in [1.165, 1.54) is 35.6 Å². The molecule has 1 aromatic heterocycles. The van der Waals surface area contributed by atoms with Gasteiger partial charge in [0.2, 0.25) is 0 Å². The van der Waals surface area contributed by atoms with Crippen LogP contribution in [0.3, 0.4) is 0 Å². The average Bonchev–Trinajstić information content (AvgIpc) is 3.15. The normalized spacial score (nSPS) is 12.0. The number of esters is 1. The highest BCUT2D eigenvalue weighted by Crippen LogP contribution is 2.22. The van der Waals surface area contributed by atoms with Crippen molar-refractivity contribution in [3.05, 3.63) is 88.2 Å². The fraction of sp³-hybridized carbons (Fsp3) is 0.192. The SMILES string of the molecule is CCOC(=O)Cn1c(=NC(=O)c2ccccc2NS(=O)(=O)c2ccc(C)cc2)sc2cc(C)ccc21. The molecule has 0 aliphatic carbocycles. The van der Waals surface area contributed by atoms with Crippen molar-refractivity contribution in [2.45, 2.75) is 32.2 Å². The van der Waals surface area contributed by atoms with Crippen LogP contribution in [0.25, 0.3) is 10.2 Å². The number of sulfonamides is 1. The van der Waals surface area contributed by atoms with E-state index < -0.39 is 21.9 Å². The van der Waals surface area contributed by atoms with Gasteiger partial charge in [-0.05, 0) is 62.7 Å². The molecule has 0 radical (unpaired) electrons. The van der Waals surface area contributed by atoms with Crippen molar-refractivity contribution < 1.29 is 22.7 Å². The molecule has 186 valence electrons. The van der Waals surface area contributed by atoms with Gasteiger partial charge in [-0.15, -0.1) is 0 Å².